The van der Waals surface area contributed by atoms with Crippen LogP contribution in [0.15, 0.2) is 24.3 Å². The standard InChI is InChI=1S/C22H25N5OS/c1-14-6-8-15(9-7-14)19-18-16-4-2-5-17(16)29-20(18)25-22(24-19)27-11-3-10-26(12-13-27)21(23)28/h6-9H,2-5,10-13H2,1H3,(H2,23,28). The second-order valence-electron chi connectivity index (χ2n) is 7.94. The van der Waals surface area contributed by atoms with Crippen LogP contribution in [0.5, 0.6) is 0 Å². The quantitative estimate of drug-likeness (QED) is 0.702. The van der Waals surface area contributed by atoms with Crippen molar-refractivity contribution in [2.45, 2.75) is 32.6 Å². The van der Waals surface area contributed by atoms with Gasteiger partial charge in [-0.05, 0) is 38.2 Å². The number of carbonyl (C=O) groups is 1. The van der Waals surface area contributed by atoms with Crippen LogP contribution in [-0.4, -0.2) is 47.1 Å². The summed E-state index contributed by atoms with van der Waals surface area (Å²) in [5.74, 6) is 0.763. The summed E-state index contributed by atoms with van der Waals surface area (Å²) >= 11 is 1.82. The summed E-state index contributed by atoms with van der Waals surface area (Å²) in [6.45, 7) is 4.93. The SMILES string of the molecule is Cc1ccc(-c2nc(N3CCCN(C(N)=O)CC3)nc3sc4c(c23)CCC4)cc1. The number of urea groups is 1. The molecule has 150 valence electrons. The first-order valence-corrected chi connectivity index (χ1v) is 11.1. The predicted molar refractivity (Wildman–Crippen MR) is 118 cm³/mol. The fourth-order valence-electron chi connectivity index (χ4n) is 4.38. The summed E-state index contributed by atoms with van der Waals surface area (Å²) in [6, 6.07) is 8.27. The molecule has 1 aromatic carbocycles. The van der Waals surface area contributed by atoms with Crippen LogP contribution in [0.4, 0.5) is 10.7 Å². The summed E-state index contributed by atoms with van der Waals surface area (Å²) in [7, 11) is 0. The van der Waals surface area contributed by atoms with Gasteiger partial charge in [-0.3, -0.25) is 0 Å². The molecule has 6 nitrogen and oxygen atoms in total. The van der Waals surface area contributed by atoms with Gasteiger partial charge >= 0.3 is 6.03 Å². The summed E-state index contributed by atoms with van der Waals surface area (Å²) in [4.78, 5) is 28.1. The Hall–Kier alpha value is -2.67. The number of aromatic nitrogens is 2. The Balaban J connectivity index is 1.60. The average Bonchev–Trinajstić information content (AvgIpc) is 3.19. The van der Waals surface area contributed by atoms with Crippen LogP contribution in [0.1, 0.15) is 28.8 Å². The fourth-order valence-corrected chi connectivity index (χ4v) is 5.64. The highest BCUT2D eigenvalue weighted by molar-refractivity contribution is 7.19. The largest absolute Gasteiger partial charge is 0.351 e. The molecule has 0 saturated carbocycles. The lowest BCUT2D eigenvalue weighted by atomic mass is 10.0. The van der Waals surface area contributed by atoms with Crippen molar-refractivity contribution in [1.29, 1.82) is 0 Å². The van der Waals surface area contributed by atoms with Gasteiger partial charge in [0, 0.05) is 42.0 Å². The fraction of sp³-hybridized carbons (Fsp3) is 0.409. The molecule has 0 spiro atoms. The average molecular weight is 408 g/mol. The van der Waals surface area contributed by atoms with Crippen molar-refractivity contribution in [3.8, 4) is 11.3 Å². The molecule has 0 unspecified atom stereocenters. The van der Waals surface area contributed by atoms with Crippen LogP contribution >= 0.6 is 11.3 Å². The number of nitrogens with zero attached hydrogens (tertiary/aromatic N) is 4. The van der Waals surface area contributed by atoms with Gasteiger partial charge in [-0.25, -0.2) is 14.8 Å². The molecule has 2 aromatic heterocycles. The zero-order valence-electron chi connectivity index (χ0n) is 16.6. The van der Waals surface area contributed by atoms with Gasteiger partial charge in [0.2, 0.25) is 5.95 Å². The van der Waals surface area contributed by atoms with Gasteiger partial charge < -0.3 is 15.5 Å². The molecule has 7 heteroatoms. The minimum atomic E-state index is -0.349. The number of anilines is 1. The van der Waals surface area contributed by atoms with Gasteiger partial charge in [0.25, 0.3) is 0 Å². The molecule has 1 aliphatic heterocycles. The Labute approximate surface area is 174 Å². The molecule has 2 N–H and O–H groups in total. The third-order valence-corrected chi connectivity index (χ3v) is 7.15. The first kappa shape index (κ1) is 18.4. The van der Waals surface area contributed by atoms with Gasteiger partial charge in [0.1, 0.15) is 4.83 Å². The maximum absolute atomic E-state index is 11.6. The molecule has 3 aromatic rings. The molecule has 2 amide bonds. The Kier molecular flexibility index (Phi) is 4.62. The van der Waals surface area contributed by atoms with Crippen molar-refractivity contribution in [1.82, 2.24) is 14.9 Å². The maximum atomic E-state index is 11.6. The number of thiophene rings is 1. The normalized spacial score (nSPS) is 16.9. The van der Waals surface area contributed by atoms with Crippen molar-refractivity contribution < 1.29 is 4.79 Å². The van der Waals surface area contributed by atoms with Crippen molar-refractivity contribution >= 4 is 33.5 Å². The highest BCUT2D eigenvalue weighted by Gasteiger charge is 2.25. The highest BCUT2D eigenvalue weighted by Crippen LogP contribution is 2.41. The second-order valence-corrected chi connectivity index (χ2v) is 9.03. The first-order valence-electron chi connectivity index (χ1n) is 10.3. The number of hydrogen-bond donors (Lipinski definition) is 1. The van der Waals surface area contributed by atoms with E-state index < -0.39 is 0 Å². The number of rotatable bonds is 2. The molecule has 2 aliphatic rings. The van der Waals surface area contributed by atoms with E-state index in [9.17, 15) is 4.79 Å². The molecule has 5 rings (SSSR count). The molecule has 29 heavy (non-hydrogen) atoms. The van der Waals surface area contributed by atoms with Gasteiger partial charge in [-0.2, -0.15) is 0 Å². The molecule has 0 atom stereocenters. The van der Waals surface area contributed by atoms with E-state index in [-0.39, 0.29) is 6.03 Å². The highest BCUT2D eigenvalue weighted by atomic mass is 32.1. The zero-order chi connectivity index (χ0) is 20.0. The van der Waals surface area contributed by atoms with E-state index in [0.29, 0.717) is 19.6 Å². The van der Waals surface area contributed by atoms with Crippen molar-refractivity contribution in [3.63, 3.8) is 0 Å². The summed E-state index contributed by atoms with van der Waals surface area (Å²) < 4.78 is 0. The lowest BCUT2D eigenvalue weighted by Crippen LogP contribution is -2.38. The van der Waals surface area contributed by atoms with E-state index in [4.69, 9.17) is 15.7 Å². The van der Waals surface area contributed by atoms with E-state index in [0.717, 1.165) is 47.8 Å². The Bertz CT molecular complexity index is 1070. The van der Waals surface area contributed by atoms with Crippen LogP contribution in [0.3, 0.4) is 0 Å². The number of benzene rings is 1. The number of fused-ring (bicyclic) bond motifs is 3. The molecule has 1 saturated heterocycles. The predicted octanol–water partition coefficient (Wildman–Crippen LogP) is 3.75. The number of aryl methyl sites for hydroxylation is 3. The topological polar surface area (TPSA) is 75.3 Å². The summed E-state index contributed by atoms with van der Waals surface area (Å²) in [6.07, 6.45) is 4.36. The molecular formula is C22H25N5OS. The molecule has 0 bridgehead atoms. The molecular weight excluding hydrogens is 382 g/mol. The smallest absolute Gasteiger partial charge is 0.314 e. The number of amides is 2. The monoisotopic (exact) mass is 407 g/mol. The number of carbonyl (C=O) groups excluding carboxylic acids is 1. The van der Waals surface area contributed by atoms with Crippen molar-refractivity contribution in [3.05, 3.63) is 40.3 Å². The zero-order valence-corrected chi connectivity index (χ0v) is 17.5. The van der Waals surface area contributed by atoms with Gasteiger partial charge in [-0.1, -0.05) is 29.8 Å². The number of primary amides is 1. The van der Waals surface area contributed by atoms with Gasteiger partial charge in [-0.15, -0.1) is 11.3 Å². The number of nitrogens with two attached hydrogens (primary N) is 1. The maximum Gasteiger partial charge on any atom is 0.314 e. The third-order valence-electron chi connectivity index (χ3n) is 5.97. The molecule has 1 aliphatic carbocycles. The van der Waals surface area contributed by atoms with E-state index >= 15 is 0 Å². The van der Waals surface area contributed by atoms with E-state index in [1.165, 1.54) is 27.8 Å². The lowest BCUT2D eigenvalue weighted by Gasteiger charge is -2.22. The molecule has 1 fully saturated rings. The third kappa shape index (κ3) is 3.33. The first-order chi connectivity index (χ1) is 14.1. The Morgan fingerprint density at radius 1 is 1.03 bits per heavy atom. The molecule has 3 heterocycles. The van der Waals surface area contributed by atoms with E-state index in [1.807, 2.05) is 11.3 Å². The molecule has 0 radical (unpaired) electrons. The Morgan fingerprint density at radius 3 is 2.66 bits per heavy atom. The second kappa shape index (κ2) is 7.30. The van der Waals surface area contributed by atoms with Crippen LogP contribution in [-0.2, 0) is 12.8 Å². The summed E-state index contributed by atoms with van der Waals surface area (Å²) in [5, 5.41) is 1.24. The lowest BCUT2D eigenvalue weighted by molar-refractivity contribution is 0.211. The minimum Gasteiger partial charge on any atom is -0.351 e. The minimum absolute atomic E-state index is 0.349. The van der Waals surface area contributed by atoms with E-state index in [1.54, 1.807) is 4.90 Å². The number of hydrogen-bond acceptors (Lipinski definition) is 5. The van der Waals surface area contributed by atoms with Crippen LogP contribution in [0, 0.1) is 6.92 Å². The van der Waals surface area contributed by atoms with Crippen molar-refractivity contribution in [2.75, 3.05) is 31.1 Å². The van der Waals surface area contributed by atoms with Gasteiger partial charge in [0.15, 0.2) is 0 Å². The summed E-state index contributed by atoms with van der Waals surface area (Å²) in [5.41, 5.74) is 10.4. The van der Waals surface area contributed by atoms with Crippen molar-refractivity contribution in [2.24, 2.45) is 5.73 Å². The Morgan fingerprint density at radius 2 is 1.86 bits per heavy atom. The van der Waals surface area contributed by atoms with Crippen LogP contribution < -0.4 is 10.6 Å². The van der Waals surface area contributed by atoms with Crippen LogP contribution in [0.25, 0.3) is 21.5 Å². The van der Waals surface area contributed by atoms with Gasteiger partial charge in [0.05, 0.1) is 5.69 Å². The van der Waals surface area contributed by atoms with Crippen LogP contribution in [0.2, 0.25) is 0 Å². The van der Waals surface area contributed by atoms with E-state index in [2.05, 4.69) is 36.1 Å².